The Bertz CT molecular complexity index is 1850. The number of aliphatic hydroxyl groups is 2. The number of nitrogens with zero attached hydrogens (tertiary/aromatic N) is 4. The number of aliphatic hydroxyl groups excluding tert-OH is 2. The molecule has 4 saturated heterocycles. The molecule has 6 nitrogen and oxygen atoms in total. The highest BCUT2D eigenvalue weighted by molar-refractivity contribution is 5.77. The van der Waals surface area contributed by atoms with Gasteiger partial charge >= 0.3 is 0 Å². The number of hydrogen-bond donors (Lipinski definition) is 2. The van der Waals surface area contributed by atoms with Crippen LogP contribution in [0.4, 0.5) is 11.4 Å². The van der Waals surface area contributed by atoms with Gasteiger partial charge in [-0.15, -0.1) is 0 Å². The van der Waals surface area contributed by atoms with E-state index in [-0.39, 0.29) is 36.1 Å². The molecule has 2 unspecified atom stereocenters. The summed E-state index contributed by atoms with van der Waals surface area (Å²) in [5.41, 5.74) is 11.8. The Morgan fingerprint density at radius 2 is 1.12 bits per heavy atom. The first-order chi connectivity index (χ1) is 24.5. The van der Waals surface area contributed by atoms with Crippen LogP contribution in [-0.4, -0.2) is 95.8 Å². The lowest BCUT2D eigenvalue weighted by molar-refractivity contribution is -0.937. The molecule has 50 heavy (non-hydrogen) atoms. The quantitative estimate of drug-likeness (QED) is 0.317. The summed E-state index contributed by atoms with van der Waals surface area (Å²) in [6.07, 6.45) is 18.6. The standard InChI is InChI=1S/C44H50N4O2/c1-3-17-47-19-15-43-35-9-5-7-11-37(35)45-26-34-32-24-40-44(16-20-48(40,18-4-2)28-30(32)14-22-50)36-10-6-8-12-38(36)46(42(34)44)25-33(41(43)45)31(23-39(43)47)29(27-47)13-21-49/h3-14,25-26,31-32,39-42,49-50H,1-2,15-24,27-28H2/q+2/b29-13?,30-14?,33-25-,34-26-/t31-,32-,39-,40-,41-,42-,43+,44+,47?,48?/m0/s1. The fraction of sp³-hybridized carbons (Fsp3) is 0.455. The van der Waals surface area contributed by atoms with E-state index in [1.54, 1.807) is 11.1 Å². The van der Waals surface area contributed by atoms with Gasteiger partial charge in [-0.25, -0.2) is 0 Å². The summed E-state index contributed by atoms with van der Waals surface area (Å²) in [7, 11) is 0. The minimum absolute atomic E-state index is 0.0183. The Labute approximate surface area is 296 Å². The monoisotopic (exact) mass is 666 g/mol. The highest BCUT2D eigenvalue weighted by Crippen LogP contribution is 2.69. The molecule has 2 aromatic carbocycles. The van der Waals surface area contributed by atoms with Crippen LogP contribution in [0.3, 0.4) is 0 Å². The Balaban J connectivity index is 1.22. The summed E-state index contributed by atoms with van der Waals surface area (Å²) in [5.74, 6) is 0.615. The molecule has 9 aliphatic rings. The van der Waals surface area contributed by atoms with Crippen molar-refractivity contribution < 1.29 is 19.2 Å². The maximum Gasteiger partial charge on any atom is 0.103 e. The van der Waals surface area contributed by atoms with Gasteiger partial charge in [0, 0.05) is 61.3 Å². The van der Waals surface area contributed by atoms with Gasteiger partial charge in [0.2, 0.25) is 0 Å². The third-order valence-electron chi connectivity index (χ3n) is 15.9. The maximum atomic E-state index is 10.5. The average molecular weight is 667 g/mol. The predicted octanol–water partition coefficient (Wildman–Crippen LogP) is 5.48. The second kappa shape index (κ2) is 10.0. The molecular weight excluding hydrogens is 617 g/mol. The van der Waals surface area contributed by atoms with Crippen molar-refractivity contribution in [3.63, 3.8) is 0 Å². The number of para-hydroxylation sites is 2. The molecule has 0 radical (unpaired) electrons. The number of anilines is 2. The molecule has 11 rings (SSSR count). The molecule has 2 spiro atoms. The van der Waals surface area contributed by atoms with Crippen LogP contribution in [0.1, 0.15) is 36.8 Å². The van der Waals surface area contributed by atoms with Crippen LogP contribution in [0, 0.1) is 11.8 Å². The second-order valence-electron chi connectivity index (χ2n) is 17.2. The second-order valence-corrected chi connectivity index (χ2v) is 17.2. The van der Waals surface area contributed by atoms with Crippen molar-refractivity contribution in [1.29, 1.82) is 0 Å². The Kier molecular flexibility index (Phi) is 6.00. The van der Waals surface area contributed by atoms with E-state index in [1.165, 1.54) is 33.6 Å². The molecule has 2 aromatic rings. The topological polar surface area (TPSA) is 46.9 Å². The van der Waals surface area contributed by atoms with Crippen LogP contribution in [0.15, 0.2) is 121 Å². The van der Waals surface area contributed by atoms with E-state index < -0.39 is 0 Å². The third-order valence-corrected chi connectivity index (χ3v) is 15.9. The zero-order chi connectivity index (χ0) is 33.6. The molecule has 2 N–H and O–H groups in total. The molecule has 256 valence electrons. The fourth-order valence-electron chi connectivity index (χ4n) is 14.6. The Morgan fingerprint density at radius 3 is 1.54 bits per heavy atom. The maximum absolute atomic E-state index is 10.5. The van der Waals surface area contributed by atoms with E-state index in [0.717, 1.165) is 73.9 Å². The average Bonchev–Trinajstić information content (AvgIpc) is 3.81. The predicted molar refractivity (Wildman–Crippen MR) is 198 cm³/mol. The van der Waals surface area contributed by atoms with E-state index >= 15 is 0 Å². The number of benzene rings is 2. The molecule has 7 heterocycles. The van der Waals surface area contributed by atoms with Gasteiger partial charge in [0.05, 0.1) is 62.3 Å². The van der Waals surface area contributed by atoms with Gasteiger partial charge in [0.25, 0.3) is 0 Å². The largest absolute Gasteiger partial charge is 0.392 e. The number of piperidine rings is 2. The van der Waals surface area contributed by atoms with Crippen LogP contribution in [-0.2, 0) is 10.8 Å². The van der Waals surface area contributed by atoms with Crippen molar-refractivity contribution in [2.45, 2.75) is 60.7 Å². The Hall–Kier alpha value is -3.68. The molecule has 7 aliphatic heterocycles. The van der Waals surface area contributed by atoms with Crippen LogP contribution in [0.25, 0.3) is 0 Å². The molecule has 4 bridgehead atoms. The first-order valence-electron chi connectivity index (χ1n) is 19.2. The lowest BCUT2D eigenvalue weighted by Crippen LogP contribution is -2.69. The van der Waals surface area contributed by atoms with Gasteiger partial charge in [0.1, 0.15) is 25.2 Å². The molecule has 2 aliphatic carbocycles. The van der Waals surface area contributed by atoms with Crippen molar-refractivity contribution in [3.05, 3.63) is 132 Å². The summed E-state index contributed by atoms with van der Waals surface area (Å²) < 4.78 is 2.12. The number of quaternary nitrogens is 2. The molecule has 0 amide bonds. The highest BCUT2D eigenvalue weighted by Gasteiger charge is 2.75. The van der Waals surface area contributed by atoms with E-state index in [2.05, 4.69) is 108 Å². The van der Waals surface area contributed by atoms with Crippen LogP contribution >= 0.6 is 0 Å². The zero-order valence-corrected chi connectivity index (χ0v) is 29.1. The van der Waals surface area contributed by atoms with Gasteiger partial charge in [-0.3, -0.25) is 0 Å². The Morgan fingerprint density at radius 1 is 0.680 bits per heavy atom. The lowest BCUT2D eigenvalue weighted by Gasteiger charge is -2.59. The van der Waals surface area contributed by atoms with Gasteiger partial charge < -0.3 is 29.0 Å². The van der Waals surface area contributed by atoms with Crippen LogP contribution < -0.4 is 9.80 Å². The summed E-state index contributed by atoms with van der Waals surface area (Å²) >= 11 is 0. The lowest BCUT2D eigenvalue weighted by atomic mass is 9.56. The fourth-order valence-corrected chi connectivity index (χ4v) is 14.6. The summed E-state index contributed by atoms with van der Waals surface area (Å²) in [4.78, 5) is 5.54. The SMILES string of the molecule is C=CC[N+]12CC[C@]34c5ccccc5N5/C=C6\[C@@H]7N(/C=C(\[C@H]53)[C@@H](C[C@@H]41)C(=CCO)C2)c1ccccc1[C@@]71CC[N+]2(CC=C)CC(=CCO)[C@@H]6C[C@@H]12. The number of rotatable bonds is 6. The minimum atomic E-state index is 0.0183. The zero-order valence-electron chi connectivity index (χ0n) is 29.1. The minimum Gasteiger partial charge on any atom is -0.392 e. The van der Waals surface area contributed by atoms with E-state index in [0.29, 0.717) is 23.9 Å². The van der Waals surface area contributed by atoms with Crippen molar-refractivity contribution in [2.24, 2.45) is 11.8 Å². The van der Waals surface area contributed by atoms with E-state index in [4.69, 9.17) is 0 Å². The number of fused-ring (bicyclic) bond motifs is 8. The van der Waals surface area contributed by atoms with E-state index in [9.17, 15) is 10.2 Å². The normalized spacial score (nSPS) is 45.5. The van der Waals surface area contributed by atoms with Crippen molar-refractivity contribution in [3.8, 4) is 0 Å². The van der Waals surface area contributed by atoms with Crippen molar-refractivity contribution >= 4 is 11.4 Å². The van der Waals surface area contributed by atoms with E-state index in [1.807, 2.05) is 0 Å². The molecule has 10 atom stereocenters. The molecule has 2 saturated carbocycles. The van der Waals surface area contributed by atoms with Crippen molar-refractivity contribution in [2.75, 3.05) is 62.3 Å². The van der Waals surface area contributed by atoms with Gasteiger partial charge in [-0.05, 0) is 57.7 Å². The van der Waals surface area contributed by atoms with Gasteiger partial charge in [-0.1, -0.05) is 61.7 Å². The van der Waals surface area contributed by atoms with Crippen LogP contribution in [0.5, 0.6) is 0 Å². The smallest absolute Gasteiger partial charge is 0.103 e. The van der Waals surface area contributed by atoms with Crippen molar-refractivity contribution in [1.82, 2.24) is 0 Å². The molecular formula is C44H50N4O2+2. The first-order valence-corrected chi connectivity index (χ1v) is 19.2. The summed E-state index contributed by atoms with van der Waals surface area (Å²) in [6.45, 7) is 15.0. The molecule has 6 fully saturated rings. The van der Waals surface area contributed by atoms with Gasteiger partial charge in [-0.2, -0.15) is 0 Å². The molecule has 6 heteroatoms. The van der Waals surface area contributed by atoms with Crippen LogP contribution in [0.2, 0.25) is 0 Å². The highest BCUT2D eigenvalue weighted by atomic mass is 16.3. The number of hydrogen-bond acceptors (Lipinski definition) is 4. The summed E-state index contributed by atoms with van der Waals surface area (Å²) in [6, 6.07) is 20.3. The molecule has 0 aromatic heterocycles. The van der Waals surface area contributed by atoms with Gasteiger partial charge in [0.15, 0.2) is 0 Å². The third kappa shape index (κ3) is 3.24. The first kappa shape index (κ1) is 30.0. The summed E-state index contributed by atoms with van der Waals surface area (Å²) in [5, 5.41) is 20.9.